The molecule has 0 aliphatic heterocycles. The SMILES string of the molecule is CCc1cc(=O)n(C2(C(F)P)CC2)cc1CN[C@H](C)c1cccc(C(C)C)c1I. The number of hydrogen-bond donors (Lipinski definition) is 1. The maximum Gasteiger partial charge on any atom is 0.251 e. The third kappa shape index (κ3) is 4.62. The summed E-state index contributed by atoms with van der Waals surface area (Å²) in [6, 6.07) is 8.36. The van der Waals surface area contributed by atoms with Gasteiger partial charge in [0.1, 0.15) is 5.91 Å². The number of pyridine rings is 1. The number of aryl methyl sites for hydroxylation is 1. The number of hydrogen-bond acceptors (Lipinski definition) is 2. The Labute approximate surface area is 189 Å². The van der Waals surface area contributed by atoms with Gasteiger partial charge in [0.05, 0.1) is 5.54 Å². The zero-order valence-corrected chi connectivity index (χ0v) is 20.9. The van der Waals surface area contributed by atoms with Gasteiger partial charge < -0.3 is 9.88 Å². The van der Waals surface area contributed by atoms with Gasteiger partial charge >= 0.3 is 0 Å². The summed E-state index contributed by atoms with van der Waals surface area (Å²) in [5.74, 6) is -0.618. The van der Waals surface area contributed by atoms with Gasteiger partial charge in [0, 0.05) is 28.4 Å². The van der Waals surface area contributed by atoms with E-state index in [1.54, 1.807) is 10.6 Å². The summed E-state index contributed by atoms with van der Waals surface area (Å²) in [5, 5.41) is 3.63. The van der Waals surface area contributed by atoms with Crippen molar-refractivity contribution in [1.82, 2.24) is 9.88 Å². The molecule has 0 bridgehead atoms. The summed E-state index contributed by atoms with van der Waals surface area (Å²) in [4.78, 5) is 12.6. The highest BCUT2D eigenvalue weighted by molar-refractivity contribution is 14.1. The second kappa shape index (κ2) is 9.15. The summed E-state index contributed by atoms with van der Waals surface area (Å²) in [6.45, 7) is 9.31. The van der Waals surface area contributed by atoms with E-state index in [4.69, 9.17) is 0 Å². The Morgan fingerprint density at radius 2 is 1.90 bits per heavy atom. The van der Waals surface area contributed by atoms with Crippen LogP contribution in [0, 0.1) is 3.57 Å². The summed E-state index contributed by atoms with van der Waals surface area (Å²) in [5.41, 5.74) is 3.99. The minimum atomic E-state index is -1.10. The number of nitrogens with zero attached hydrogens (tertiary/aromatic N) is 1. The van der Waals surface area contributed by atoms with Crippen molar-refractivity contribution in [3.8, 4) is 0 Å². The molecule has 2 unspecified atom stereocenters. The van der Waals surface area contributed by atoms with Crippen LogP contribution >= 0.6 is 31.8 Å². The summed E-state index contributed by atoms with van der Waals surface area (Å²) in [7, 11) is 2.23. The predicted molar refractivity (Wildman–Crippen MR) is 130 cm³/mol. The van der Waals surface area contributed by atoms with E-state index >= 15 is 0 Å². The maximum atomic E-state index is 14.2. The van der Waals surface area contributed by atoms with E-state index in [0.29, 0.717) is 25.3 Å². The van der Waals surface area contributed by atoms with Gasteiger partial charge in [0.25, 0.3) is 5.56 Å². The fourth-order valence-corrected chi connectivity index (χ4v) is 5.89. The third-order valence-corrected chi connectivity index (χ3v) is 7.98. The number of halogens is 2. The van der Waals surface area contributed by atoms with E-state index in [1.807, 2.05) is 6.20 Å². The number of nitrogens with one attached hydrogen (secondary N) is 1. The van der Waals surface area contributed by atoms with E-state index in [2.05, 4.69) is 83.0 Å². The molecule has 1 saturated carbocycles. The van der Waals surface area contributed by atoms with Crippen molar-refractivity contribution < 1.29 is 4.39 Å². The van der Waals surface area contributed by atoms with Crippen LogP contribution < -0.4 is 10.9 Å². The molecule has 1 heterocycles. The van der Waals surface area contributed by atoms with Crippen molar-refractivity contribution in [1.29, 1.82) is 0 Å². The van der Waals surface area contributed by atoms with Gasteiger partial charge in [-0.1, -0.05) is 48.2 Å². The van der Waals surface area contributed by atoms with Crippen LogP contribution in [0.4, 0.5) is 4.39 Å². The van der Waals surface area contributed by atoms with Gasteiger partial charge in [-0.15, -0.1) is 0 Å². The first-order valence-electron chi connectivity index (χ1n) is 10.4. The molecule has 3 nitrogen and oxygen atoms in total. The smallest absolute Gasteiger partial charge is 0.251 e. The molecular formula is C23H31FIN2OP. The zero-order chi connectivity index (χ0) is 21.3. The molecule has 0 amide bonds. The third-order valence-electron chi connectivity index (χ3n) is 6.11. The molecule has 0 saturated heterocycles. The molecule has 3 atom stereocenters. The van der Waals surface area contributed by atoms with Crippen LogP contribution in [0.15, 0.2) is 35.3 Å². The van der Waals surface area contributed by atoms with E-state index in [0.717, 1.165) is 17.5 Å². The molecule has 1 N–H and O–H groups in total. The molecule has 2 aromatic rings. The fourth-order valence-electron chi connectivity index (χ4n) is 3.95. The highest BCUT2D eigenvalue weighted by Gasteiger charge is 2.50. The van der Waals surface area contributed by atoms with Crippen LogP contribution in [-0.2, 0) is 18.5 Å². The molecule has 29 heavy (non-hydrogen) atoms. The van der Waals surface area contributed by atoms with Crippen molar-refractivity contribution in [2.24, 2.45) is 0 Å². The lowest BCUT2D eigenvalue weighted by Crippen LogP contribution is -2.35. The Hall–Kier alpha value is -0.780. The van der Waals surface area contributed by atoms with Crippen LogP contribution in [0.25, 0.3) is 0 Å². The van der Waals surface area contributed by atoms with E-state index in [9.17, 15) is 9.18 Å². The highest BCUT2D eigenvalue weighted by Crippen LogP contribution is 2.49. The summed E-state index contributed by atoms with van der Waals surface area (Å²) in [6.07, 6.45) is 4.10. The van der Waals surface area contributed by atoms with Crippen molar-refractivity contribution in [2.75, 3.05) is 0 Å². The molecule has 1 aliphatic rings. The Bertz CT molecular complexity index is 937. The molecule has 158 valence electrons. The van der Waals surface area contributed by atoms with Crippen molar-refractivity contribution in [2.45, 2.75) is 76.9 Å². The van der Waals surface area contributed by atoms with Gasteiger partial charge in [0.15, 0.2) is 0 Å². The highest BCUT2D eigenvalue weighted by atomic mass is 127. The number of aromatic nitrogens is 1. The van der Waals surface area contributed by atoms with Crippen LogP contribution in [0.3, 0.4) is 0 Å². The minimum Gasteiger partial charge on any atom is -0.306 e. The summed E-state index contributed by atoms with van der Waals surface area (Å²) >= 11 is 2.45. The Balaban J connectivity index is 1.85. The van der Waals surface area contributed by atoms with E-state index < -0.39 is 11.5 Å². The van der Waals surface area contributed by atoms with Crippen molar-refractivity contribution >= 4 is 31.8 Å². The fraction of sp³-hybridized carbons (Fsp3) is 0.522. The number of alkyl halides is 1. The molecule has 0 radical (unpaired) electrons. The topological polar surface area (TPSA) is 34.0 Å². The first-order valence-corrected chi connectivity index (χ1v) is 12.1. The molecule has 6 heteroatoms. The second-order valence-electron chi connectivity index (χ2n) is 8.40. The lowest BCUT2D eigenvalue weighted by molar-refractivity contribution is 0.293. The number of benzene rings is 1. The second-order valence-corrected chi connectivity index (χ2v) is 10.1. The number of rotatable bonds is 8. The average Bonchev–Trinajstić information content (AvgIpc) is 3.48. The lowest BCUT2D eigenvalue weighted by Gasteiger charge is -2.23. The van der Waals surface area contributed by atoms with Gasteiger partial charge in [0.2, 0.25) is 0 Å². The Morgan fingerprint density at radius 1 is 1.24 bits per heavy atom. The average molecular weight is 528 g/mol. The van der Waals surface area contributed by atoms with Gasteiger partial charge in [-0.25, -0.2) is 4.39 Å². The van der Waals surface area contributed by atoms with Crippen molar-refractivity contribution in [3.05, 3.63) is 66.6 Å². The molecule has 1 aromatic heterocycles. The monoisotopic (exact) mass is 528 g/mol. The molecule has 3 rings (SSSR count). The largest absolute Gasteiger partial charge is 0.306 e. The molecule has 1 aromatic carbocycles. The molecule has 0 spiro atoms. The quantitative estimate of drug-likeness (QED) is 0.355. The first-order chi connectivity index (χ1) is 13.7. The van der Waals surface area contributed by atoms with Gasteiger partial charge in [-0.05, 0) is 76.9 Å². The van der Waals surface area contributed by atoms with Gasteiger partial charge in [-0.2, -0.15) is 0 Å². The first kappa shape index (κ1) is 22.9. The molecule has 1 aliphatic carbocycles. The predicted octanol–water partition coefficient (Wildman–Crippen LogP) is 5.65. The maximum absolute atomic E-state index is 14.2. The van der Waals surface area contributed by atoms with Crippen LogP contribution in [0.5, 0.6) is 0 Å². The Kier molecular flexibility index (Phi) is 7.23. The van der Waals surface area contributed by atoms with Gasteiger partial charge in [-0.3, -0.25) is 4.79 Å². The normalized spacial score (nSPS) is 17.4. The Morgan fingerprint density at radius 3 is 2.45 bits per heavy atom. The van der Waals surface area contributed by atoms with Crippen LogP contribution in [0.1, 0.15) is 74.8 Å². The summed E-state index contributed by atoms with van der Waals surface area (Å²) < 4.78 is 17.1. The van der Waals surface area contributed by atoms with Crippen LogP contribution in [-0.4, -0.2) is 10.5 Å². The lowest BCUT2D eigenvalue weighted by atomic mass is 9.98. The minimum absolute atomic E-state index is 0.0968. The standard InChI is InChI=1S/C23H31FIN2OP/c1-5-16-11-20(28)27(23(9-10-23)22(24)29)13-17(16)12-26-15(4)19-8-6-7-18(14(2)3)21(19)25/h6-8,11,13-15,22,26H,5,9-10,12,29H2,1-4H3/t15-,22?/m1/s1. The molecule has 1 fully saturated rings. The van der Waals surface area contributed by atoms with Crippen molar-refractivity contribution in [3.63, 3.8) is 0 Å². The van der Waals surface area contributed by atoms with Crippen LogP contribution in [0.2, 0.25) is 0 Å². The zero-order valence-electron chi connectivity index (χ0n) is 17.6. The van der Waals surface area contributed by atoms with E-state index in [-0.39, 0.29) is 11.6 Å². The van der Waals surface area contributed by atoms with E-state index in [1.165, 1.54) is 14.7 Å². The molecular weight excluding hydrogens is 497 g/mol.